The molecular formula is C13H19FN2. The lowest BCUT2D eigenvalue weighted by Gasteiger charge is -2.30. The molecule has 0 atom stereocenters. The molecule has 2 rings (SSSR count). The average molecular weight is 222 g/mol. The summed E-state index contributed by atoms with van der Waals surface area (Å²) in [5, 5.41) is 3.10. The summed E-state index contributed by atoms with van der Waals surface area (Å²) in [6, 6.07) is 5.11. The SMILES string of the molecule is CNCc1cc(F)ccc1N1CCCCC1. The molecule has 1 aliphatic heterocycles. The summed E-state index contributed by atoms with van der Waals surface area (Å²) >= 11 is 0. The molecule has 1 aromatic carbocycles. The molecule has 0 radical (unpaired) electrons. The van der Waals surface area contributed by atoms with Crippen LogP contribution in [0.4, 0.5) is 10.1 Å². The molecule has 0 spiro atoms. The van der Waals surface area contributed by atoms with Gasteiger partial charge in [0.1, 0.15) is 5.82 Å². The Kier molecular flexibility index (Phi) is 3.78. The van der Waals surface area contributed by atoms with Gasteiger partial charge in [-0.25, -0.2) is 4.39 Å². The van der Waals surface area contributed by atoms with Crippen LogP contribution in [0.2, 0.25) is 0 Å². The summed E-state index contributed by atoms with van der Waals surface area (Å²) in [5.74, 6) is -0.147. The second kappa shape index (κ2) is 5.30. The van der Waals surface area contributed by atoms with Crippen LogP contribution in [0.15, 0.2) is 18.2 Å². The van der Waals surface area contributed by atoms with E-state index >= 15 is 0 Å². The number of piperidine rings is 1. The Morgan fingerprint density at radius 1 is 1.25 bits per heavy atom. The van der Waals surface area contributed by atoms with Crippen molar-refractivity contribution in [3.05, 3.63) is 29.6 Å². The normalized spacial score (nSPS) is 16.5. The van der Waals surface area contributed by atoms with Crippen LogP contribution in [0, 0.1) is 5.82 Å². The van der Waals surface area contributed by atoms with E-state index in [2.05, 4.69) is 10.2 Å². The van der Waals surface area contributed by atoms with Gasteiger partial charge in [0.05, 0.1) is 0 Å². The molecule has 0 amide bonds. The highest BCUT2D eigenvalue weighted by atomic mass is 19.1. The molecule has 0 aliphatic carbocycles. The number of anilines is 1. The highest BCUT2D eigenvalue weighted by Crippen LogP contribution is 2.24. The van der Waals surface area contributed by atoms with Crippen LogP contribution < -0.4 is 10.2 Å². The van der Waals surface area contributed by atoms with Crippen molar-refractivity contribution in [1.82, 2.24) is 5.32 Å². The van der Waals surface area contributed by atoms with E-state index in [1.54, 1.807) is 12.1 Å². The molecule has 2 nitrogen and oxygen atoms in total. The number of rotatable bonds is 3. The van der Waals surface area contributed by atoms with Gasteiger partial charge >= 0.3 is 0 Å². The second-order valence-corrected chi connectivity index (χ2v) is 4.35. The fraction of sp³-hybridized carbons (Fsp3) is 0.538. The third-order valence-corrected chi connectivity index (χ3v) is 3.11. The quantitative estimate of drug-likeness (QED) is 0.845. The molecule has 1 fully saturated rings. The Morgan fingerprint density at radius 3 is 2.69 bits per heavy atom. The van der Waals surface area contributed by atoms with Crippen molar-refractivity contribution in [3.8, 4) is 0 Å². The standard InChI is InChI=1S/C13H19FN2/c1-15-10-11-9-12(14)5-6-13(11)16-7-3-2-4-8-16/h5-6,9,15H,2-4,7-8,10H2,1H3. The summed E-state index contributed by atoms with van der Waals surface area (Å²) in [5.41, 5.74) is 2.25. The van der Waals surface area contributed by atoms with Gasteiger partial charge in [-0.15, -0.1) is 0 Å². The first-order valence-electron chi connectivity index (χ1n) is 5.99. The molecular weight excluding hydrogens is 203 g/mol. The van der Waals surface area contributed by atoms with Gasteiger partial charge in [0.15, 0.2) is 0 Å². The van der Waals surface area contributed by atoms with Gasteiger partial charge in [-0.3, -0.25) is 0 Å². The van der Waals surface area contributed by atoms with Crippen LogP contribution in [-0.2, 0) is 6.54 Å². The van der Waals surface area contributed by atoms with Crippen molar-refractivity contribution in [2.45, 2.75) is 25.8 Å². The van der Waals surface area contributed by atoms with Gasteiger partial charge in [0.2, 0.25) is 0 Å². The second-order valence-electron chi connectivity index (χ2n) is 4.35. The fourth-order valence-corrected chi connectivity index (χ4v) is 2.33. The lowest BCUT2D eigenvalue weighted by Crippen LogP contribution is -2.30. The first-order valence-corrected chi connectivity index (χ1v) is 5.99. The van der Waals surface area contributed by atoms with Gasteiger partial charge in [-0.1, -0.05) is 0 Å². The molecule has 0 bridgehead atoms. The Bertz CT molecular complexity index is 346. The number of hydrogen-bond acceptors (Lipinski definition) is 2. The summed E-state index contributed by atoms with van der Waals surface area (Å²) in [6.45, 7) is 2.92. The van der Waals surface area contributed by atoms with E-state index in [-0.39, 0.29) is 5.82 Å². The summed E-state index contributed by atoms with van der Waals surface area (Å²) in [7, 11) is 1.89. The molecule has 1 aliphatic rings. The lowest BCUT2D eigenvalue weighted by atomic mass is 10.1. The molecule has 0 aromatic heterocycles. The zero-order valence-electron chi connectivity index (χ0n) is 9.80. The van der Waals surface area contributed by atoms with Crippen LogP contribution in [-0.4, -0.2) is 20.1 Å². The minimum Gasteiger partial charge on any atom is -0.371 e. The van der Waals surface area contributed by atoms with E-state index < -0.39 is 0 Å². The molecule has 1 saturated heterocycles. The summed E-state index contributed by atoms with van der Waals surface area (Å²) < 4.78 is 13.2. The summed E-state index contributed by atoms with van der Waals surface area (Å²) in [4.78, 5) is 2.37. The maximum atomic E-state index is 13.2. The predicted molar refractivity (Wildman–Crippen MR) is 65.2 cm³/mol. The number of benzene rings is 1. The molecule has 1 aromatic rings. The Labute approximate surface area is 96.5 Å². The van der Waals surface area contributed by atoms with E-state index in [4.69, 9.17) is 0 Å². The van der Waals surface area contributed by atoms with Crippen LogP contribution in [0.25, 0.3) is 0 Å². The maximum Gasteiger partial charge on any atom is 0.123 e. The minimum atomic E-state index is -0.147. The highest BCUT2D eigenvalue weighted by Gasteiger charge is 2.14. The third-order valence-electron chi connectivity index (χ3n) is 3.11. The Hall–Kier alpha value is -1.09. The zero-order valence-corrected chi connectivity index (χ0v) is 9.80. The van der Waals surface area contributed by atoms with Crippen LogP contribution in [0.3, 0.4) is 0 Å². The monoisotopic (exact) mass is 222 g/mol. The molecule has 1 heterocycles. The molecule has 0 saturated carbocycles. The largest absolute Gasteiger partial charge is 0.371 e. The van der Waals surface area contributed by atoms with Crippen LogP contribution in [0.1, 0.15) is 24.8 Å². The topological polar surface area (TPSA) is 15.3 Å². The van der Waals surface area contributed by atoms with Crippen LogP contribution >= 0.6 is 0 Å². The van der Waals surface area contributed by atoms with E-state index in [1.165, 1.54) is 24.9 Å². The van der Waals surface area contributed by atoms with Crippen LogP contribution in [0.5, 0.6) is 0 Å². The van der Waals surface area contributed by atoms with Gasteiger partial charge in [0.25, 0.3) is 0 Å². The Morgan fingerprint density at radius 2 is 2.00 bits per heavy atom. The molecule has 1 N–H and O–H groups in total. The number of nitrogens with zero attached hydrogens (tertiary/aromatic N) is 1. The highest BCUT2D eigenvalue weighted by molar-refractivity contribution is 5.54. The van der Waals surface area contributed by atoms with E-state index in [1.807, 2.05) is 13.1 Å². The Balaban J connectivity index is 2.23. The average Bonchev–Trinajstić information content (AvgIpc) is 2.31. The smallest absolute Gasteiger partial charge is 0.123 e. The third kappa shape index (κ3) is 2.53. The van der Waals surface area contributed by atoms with Crippen molar-refractivity contribution in [1.29, 1.82) is 0 Å². The van der Waals surface area contributed by atoms with E-state index in [9.17, 15) is 4.39 Å². The van der Waals surface area contributed by atoms with Crippen molar-refractivity contribution >= 4 is 5.69 Å². The van der Waals surface area contributed by atoms with Gasteiger partial charge in [-0.05, 0) is 50.1 Å². The van der Waals surface area contributed by atoms with Crippen molar-refractivity contribution in [2.24, 2.45) is 0 Å². The molecule has 3 heteroatoms. The van der Waals surface area contributed by atoms with Crippen molar-refractivity contribution in [2.75, 3.05) is 25.0 Å². The molecule has 0 unspecified atom stereocenters. The van der Waals surface area contributed by atoms with Gasteiger partial charge in [0, 0.05) is 25.3 Å². The van der Waals surface area contributed by atoms with E-state index in [0.29, 0.717) is 0 Å². The van der Waals surface area contributed by atoms with Gasteiger partial charge < -0.3 is 10.2 Å². The number of nitrogens with one attached hydrogen (secondary N) is 1. The number of halogens is 1. The fourth-order valence-electron chi connectivity index (χ4n) is 2.33. The van der Waals surface area contributed by atoms with E-state index in [0.717, 1.165) is 25.2 Å². The van der Waals surface area contributed by atoms with Crippen molar-refractivity contribution in [3.63, 3.8) is 0 Å². The first-order chi connectivity index (χ1) is 7.81. The van der Waals surface area contributed by atoms with Crippen molar-refractivity contribution < 1.29 is 4.39 Å². The molecule has 88 valence electrons. The van der Waals surface area contributed by atoms with Gasteiger partial charge in [-0.2, -0.15) is 0 Å². The molecule has 16 heavy (non-hydrogen) atoms. The minimum absolute atomic E-state index is 0.147. The zero-order chi connectivity index (χ0) is 11.4. The summed E-state index contributed by atoms with van der Waals surface area (Å²) in [6.07, 6.45) is 3.81. The number of hydrogen-bond donors (Lipinski definition) is 1. The first kappa shape index (κ1) is 11.4. The lowest BCUT2D eigenvalue weighted by molar-refractivity contribution is 0.573. The predicted octanol–water partition coefficient (Wildman–Crippen LogP) is 2.54. The maximum absolute atomic E-state index is 13.2.